The summed E-state index contributed by atoms with van der Waals surface area (Å²) in [5.74, 6) is -0.180. The highest BCUT2D eigenvalue weighted by atomic mass is 19.1. The Balaban J connectivity index is 1.47. The topological polar surface area (TPSA) is 59.3 Å². The first-order valence-electron chi connectivity index (χ1n) is 15.2. The lowest BCUT2D eigenvalue weighted by Gasteiger charge is -2.34. The van der Waals surface area contributed by atoms with Gasteiger partial charge in [-0.25, -0.2) is 9.18 Å². The summed E-state index contributed by atoms with van der Waals surface area (Å²) in [6.07, 6.45) is 15.5. The molecule has 0 N–H and O–H groups in total. The Kier molecular flexibility index (Phi) is 12.8. The molecule has 5 heteroatoms. The molecule has 1 aliphatic rings. The van der Waals surface area contributed by atoms with Crippen molar-refractivity contribution in [3.63, 3.8) is 0 Å². The van der Waals surface area contributed by atoms with Crippen LogP contribution in [0.1, 0.15) is 121 Å². The molecule has 4 nitrogen and oxygen atoms in total. The zero-order chi connectivity index (χ0) is 27.9. The zero-order valence-corrected chi connectivity index (χ0v) is 24.0. The molecule has 212 valence electrons. The standard InChI is InChI=1S/C34H46FNO3/c1-3-5-7-9-11-21-34(26-36)22-19-30(20-23-34)39-33(37)28-15-18-31(32(35)25-28)27-13-16-29(17-14-27)38-24-12-10-8-6-4-2/h13-18,25,30H,3-12,19-24H2,1-2H3. The second-order valence-corrected chi connectivity index (χ2v) is 11.1. The highest BCUT2D eigenvalue weighted by molar-refractivity contribution is 5.90. The van der Waals surface area contributed by atoms with E-state index in [-0.39, 0.29) is 17.1 Å². The van der Waals surface area contributed by atoms with E-state index in [4.69, 9.17) is 9.47 Å². The van der Waals surface area contributed by atoms with Crippen LogP contribution in [0.3, 0.4) is 0 Å². The number of nitriles is 1. The van der Waals surface area contributed by atoms with Crippen molar-refractivity contribution in [1.82, 2.24) is 0 Å². The van der Waals surface area contributed by atoms with E-state index in [0.29, 0.717) is 25.0 Å². The van der Waals surface area contributed by atoms with Crippen molar-refractivity contribution in [3.8, 4) is 22.9 Å². The average molecular weight is 536 g/mol. The van der Waals surface area contributed by atoms with Gasteiger partial charge in [0.1, 0.15) is 17.7 Å². The summed E-state index contributed by atoms with van der Waals surface area (Å²) in [6.45, 7) is 5.09. The van der Waals surface area contributed by atoms with Crippen LogP contribution >= 0.6 is 0 Å². The molecule has 0 aromatic heterocycles. The minimum absolute atomic E-state index is 0.215. The number of unbranched alkanes of at least 4 members (excludes halogenated alkanes) is 8. The molecule has 0 amide bonds. The predicted octanol–water partition coefficient (Wildman–Crippen LogP) is 9.81. The molecular formula is C34H46FNO3. The van der Waals surface area contributed by atoms with Crippen LogP contribution in [0, 0.1) is 22.6 Å². The van der Waals surface area contributed by atoms with E-state index in [9.17, 15) is 14.4 Å². The van der Waals surface area contributed by atoms with Crippen molar-refractivity contribution in [1.29, 1.82) is 5.26 Å². The van der Waals surface area contributed by atoms with Crippen LogP contribution < -0.4 is 4.74 Å². The molecule has 2 aromatic carbocycles. The van der Waals surface area contributed by atoms with Gasteiger partial charge in [0.15, 0.2) is 0 Å². The Hall–Kier alpha value is -2.87. The predicted molar refractivity (Wildman–Crippen MR) is 155 cm³/mol. The fraction of sp³-hybridized carbons (Fsp3) is 0.588. The zero-order valence-electron chi connectivity index (χ0n) is 24.0. The second kappa shape index (κ2) is 16.3. The highest BCUT2D eigenvalue weighted by Crippen LogP contribution is 2.41. The van der Waals surface area contributed by atoms with Gasteiger partial charge in [-0.3, -0.25) is 0 Å². The molecule has 0 heterocycles. The van der Waals surface area contributed by atoms with Crippen LogP contribution in [0.15, 0.2) is 42.5 Å². The van der Waals surface area contributed by atoms with Gasteiger partial charge in [-0.2, -0.15) is 5.26 Å². The lowest BCUT2D eigenvalue weighted by Crippen LogP contribution is -2.31. The van der Waals surface area contributed by atoms with E-state index >= 15 is 0 Å². The van der Waals surface area contributed by atoms with Crippen molar-refractivity contribution in [2.45, 2.75) is 116 Å². The van der Waals surface area contributed by atoms with Crippen molar-refractivity contribution < 1.29 is 18.7 Å². The maximum absolute atomic E-state index is 15.0. The number of halogens is 1. The molecule has 2 aromatic rings. The van der Waals surface area contributed by atoms with Gasteiger partial charge in [-0.1, -0.05) is 89.8 Å². The number of esters is 1. The maximum Gasteiger partial charge on any atom is 0.338 e. The molecule has 0 spiro atoms. The van der Waals surface area contributed by atoms with Crippen LogP contribution in [-0.2, 0) is 4.74 Å². The van der Waals surface area contributed by atoms with Gasteiger partial charge >= 0.3 is 5.97 Å². The Morgan fingerprint density at radius 1 is 0.923 bits per heavy atom. The quantitative estimate of drug-likeness (QED) is 0.158. The summed E-state index contributed by atoms with van der Waals surface area (Å²) in [5, 5.41) is 9.82. The molecule has 1 aliphatic carbocycles. The third-order valence-electron chi connectivity index (χ3n) is 8.05. The fourth-order valence-corrected chi connectivity index (χ4v) is 5.47. The molecule has 0 saturated heterocycles. The van der Waals surface area contributed by atoms with E-state index < -0.39 is 11.8 Å². The van der Waals surface area contributed by atoms with Gasteiger partial charge in [0.05, 0.1) is 23.7 Å². The summed E-state index contributed by atoms with van der Waals surface area (Å²) < 4.78 is 26.5. The molecule has 0 unspecified atom stereocenters. The van der Waals surface area contributed by atoms with Crippen LogP contribution in [0.25, 0.3) is 11.1 Å². The maximum atomic E-state index is 15.0. The first-order chi connectivity index (χ1) is 19.0. The van der Waals surface area contributed by atoms with E-state index in [2.05, 4.69) is 19.9 Å². The summed E-state index contributed by atoms with van der Waals surface area (Å²) in [6, 6.07) is 14.5. The first kappa shape index (κ1) is 30.7. The number of nitrogens with zero attached hydrogens (tertiary/aromatic N) is 1. The smallest absolute Gasteiger partial charge is 0.338 e. The number of hydrogen-bond donors (Lipinski definition) is 0. The molecule has 39 heavy (non-hydrogen) atoms. The molecule has 1 fully saturated rings. The number of ether oxygens (including phenoxy) is 2. The number of rotatable bonds is 16. The number of benzene rings is 2. The summed E-state index contributed by atoms with van der Waals surface area (Å²) in [5.41, 5.74) is 1.09. The van der Waals surface area contributed by atoms with E-state index in [1.54, 1.807) is 12.1 Å². The van der Waals surface area contributed by atoms with Crippen LogP contribution in [-0.4, -0.2) is 18.7 Å². The third-order valence-corrected chi connectivity index (χ3v) is 8.05. The highest BCUT2D eigenvalue weighted by Gasteiger charge is 2.36. The summed E-state index contributed by atoms with van der Waals surface area (Å²) >= 11 is 0. The minimum atomic E-state index is -0.503. The Labute approximate surface area is 234 Å². The molecular weight excluding hydrogens is 489 g/mol. The Morgan fingerprint density at radius 2 is 1.56 bits per heavy atom. The van der Waals surface area contributed by atoms with Gasteiger partial charge in [0.25, 0.3) is 0 Å². The van der Waals surface area contributed by atoms with Crippen LogP contribution in [0.5, 0.6) is 5.75 Å². The Bertz CT molecular complexity index is 1050. The lowest BCUT2D eigenvalue weighted by atomic mass is 9.71. The molecule has 0 bridgehead atoms. The normalized spacial score (nSPS) is 18.9. The van der Waals surface area contributed by atoms with Crippen LogP contribution in [0.2, 0.25) is 0 Å². The van der Waals surface area contributed by atoms with Crippen LogP contribution in [0.4, 0.5) is 4.39 Å². The largest absolute Gasteiger partial charge is 0.494 e. The molecule has 0 radical (unpaired) electrons. The summed E-state index contributed by atoms with van der Waals surface area (Å²) in [7, 11) is 0. The van der Waals surface area contributed by atoms with E-state index in [1.165, 1.54) is 57.4 Å². The van der Waals surface area contributed by atoms with Gasteiger partial charge in [-0.05, 0) is 68.4 Å². The molecule has 1 saturated carbocycles. The number of carbonyl (C=O) groups is 1. The first-order valence-corrected chi connectivity index (χ1v) is 15.2. The van der Waals surface area contributed by atoms with Crippen molar-refractivity contribution in [2.75, 3.05) is 6.61 Å². The fourth-order valence-electron chi connectivity index (χ4n) is 5.47. The van der Waals surface area contributed by atoms with Gasteiger partial charge in [0, 0.05) is 5.56 Å². The van der Waals surface area contributed by atoms with Crippen molar-refractivity contribution >= 4 is 5.97 Å². The Morgan fingerprint density at radius 3 is 2.18 bits per heavy atom. The third kappa shape index (κ3) is 9.67. The second-order valence-electron chi connectivity index (χ2n) is 11.1. The van der Waals surface area contributed by atoms with Gasteiger partial charge < -0.3 is 9.47 Å². The van der Waals surface area contributed by atoms with Crippen molar-refractivity contribution in [3.05, 3.63) is 53.8 Å². The van der Waals surface area contributed by atoms with Crippen molar-refractivity contribution in [2.24, 2.45) is 5.41 Å². The summed E-state index contributed by atoms with van der Waals surface area (Å²) in [4.78, 5) is 12.8. The molecule has 3 rings (SSSR count). The minimum Gasteiger partial charge on any atom is -0.494 e. The van der Waals surface area contributed by atoms with Gasteiger partial charge in [-0.15, -0.1) is 0 Å². The van der Waals surface area contributed by atoms with E-state index in [0.717, 1.165) is 43.4 Å². The molecule has 0 aliphatic heterocycles. The van der Waals surface area contributed by atoms with E-state index in [1.807, 2.05) is 24.3 Å². The number of carbonyl (C=O) groups excluding carboxylic acids is 1. The molecule has 0 atom stereocenters. The number of hydrogen-bond acceptors (Lipinski definition) is 4. The monoisotopic (exact) mass is 535 g/mol. The van der Waals surface area contributed by atoms with Gasteiger partial charge in [0.2, 0.25) is 0 Å². The SMILES string of the molecule is CCCCCCCOc1ccc(-c2ccc(C(=O)OC3CCC(C#N)(CCCCCCC)CC3)cc2F)cc1. The lowest BCUT2D eigenvalue weighted by molar-refractivity contribution is 0.0104. The average Bonchev–Trinajstić information content (AvgIpc) is 2.96.